The van der Waals surface area contributed by atoms with Gasteiger partial charge in [-0.2, -0.15) is 0 Å². The Morgan fingerprint density at radius 2 is 1.87 bits per heavy atom. The number of hydrogen-bond donors (Lipinski definition) is 2. The minimum atomic E-state index is -0.497. The van der Waals surface area contributed by atoms with E-state index in [4.69, 9.17) is 9.47 Å². The quantitative estimate of drug-likeness (QED) is 0.649. The first-order valence-corrected chi connectivity index (χ1v) is 8.06. The Morgan fingerprint density at radius 1 is 1.22 bits per heavy atom. The van der Waals surface area contributed by atoms with Crippen LogP contribution < -0.4 is 10.1 Å². The number of aliphatic hydroxyl groups excluding tert-OH is 1. The molecule has 0 amide bonds. The number of benzene rings is 1. The lowest BCUT2D eigenvalue weighted by molar-refractivity contribution is 0.0276. The first-order valence-electron chi connectivity index (χ1n) is 8.06. The fourth-order valence-corrected chi connectivity index (χ4v) is 2.58. The highest BCUT2D eigenvalue weighted by atomic mass is 16.5. The molecule has 0 unspecified atom stereocenters. The van der Waals surface area contributed by atoms with Crippen LogP contribution in [0.3, 0.4) is 0 Å². The Morgan fingerprint density at radius 3 is 2.43 bits per heavy atom. The van der Waals surface area contributed by atoms with E-state index in [1.807, 2.05) is 24.3 Å². The molecule has 0 fully saturated rings. The zero-order valence-electron chi connectivity index (χ0n) is 15.1. The second kappa shape index (κ2) is 9.88. The van der Waals surface area contributed by atoms with Gasteiger partial charge in [-0.15, -0.1) is 0 Å². The summed E-state index contributed by atoms with van der Waals surface area (Å²) in [5.41, 5.74) is 1.24. The van der Waals surface area contributed by atoms with Crippen molar-refractivity contribution in [3.05, 3.63) is 29.8 Å². The van der Waals surface area contributed by atoms with Crippen LogP contribution in [0, 0.1) is 5.41 Å². The molecule has 5 heteroatoms. The van der Waals surface area contributed by atoms with Crippen LogP contribution in [0.25, 0.3) is 0 Å². The Labute approximate surface area is 140 Å². The molecule has 23 heavy (non-hydrogen) atoms. The number of rotatable bonds is 11. The fraction of sp³-hybridized carbons (Fsp3) is 0.667. The van der Waals surface area contributed by atoms with Crippen molar-refractivity contribution in [3.8, 4) is 5.75 Å². The van der Waals surface area contributed by atoms with Crippen LogP contribution in [0.15, 0.2) is 24.3 Å². The summed E-state index contributed by atoms with van der Waals surface area (Å²) in [5, 5.41) is 13.3. The first kappa shape index (κ1) is 19.9. The van der Waals surface area contributed by atoms with Gasteiger partial charge in [0.2, 0.25) is 0 Å². The van der Waals surface area contributed by atoms with Gasteiger partial charge < -0.3 is 24.8 Å². The van der Waals surface area contributed by atoms with Gasteiger partial charge in [-0.25, -0.2) is 0 Å². The molecule has 1 atom stereocenters. The van der Waals surface area contributed by atoms with Gasteiger partial charge in [0.1, 0.15) is 5.75 Å². The van der Waals surface area contributed by atoms with E-state index in [0.29, 0.717) is 19.8 Å². The normalized spacial score (nSPS) is 13.3. The summed E-state index contributed by atoms with van der Waals surface area (Å²) < 4.78 is 10.7. The van der Waals surface area contributed by atoms with E-state index in [2.05, 4.69) is 38.2 Å². The van der Waals surface area contributed by atoms with Crippen LogP contribution in [-0.2, 0) is 11.3 Å². The Bertz CT molecular complexity index is 432. The number of nitrogens with zero attached hydrogens (tertiary/aromatic N) is 1. The van der Waals surface area contributed by atoms with Gasteiger partial charge in [-0.1, -0.05) is 26.0 Å². The summed E-state index contributed by atoms with van der Waals surface area (Å²) in [6, 6.07) is 7.74. The third kappa shape index (κ3) is 8.91. The SMILES string of the molecule is COc1ccc(COC[C@H](O)CNCC(C)(C)CN(C)C)cc1. The van der Waals surface area contributed by atoms with Gasteiger partial charge in [-0.3, -0.25) is 0 Å². The highest BCUT2D eigenvalue weighted by Crippen LogP contribution is 2.14. The Balaban J connectivity index is 2.17. The van der Waals surface area contributed by atoms with Crippen LogP contribution in [0.4, 0.5) is 0 Å². The van der Waals surface area contributed by atoms with Crippen LogP contribution >= 0.6 is 0 Å². The number of ether oxygens (including phenoxy) is 2. The molecular formula is C18H32N2O3. The van der Waals surface area contributed by atoms with E-state index in [1.54, 1.807) is 7.11 Å². The molecule has 0 aromatic heterocycles. The minimum absolute atomic E-state index is 0.174. The summed E-state index contributed by atoms with van der Waals surface area (Å²) in [4.78, 5) is 2.18. The summed E-state index contributed by atoms with van der Waals surface area (Å²) in [6.07, 6.45) is -0.497. The van der Waals surface area contributed by atoms with E-state index in [9.17, 15) is 5.11 Å². The van der Waals surface area contributed by atoms with Crippen molar-refractivity contribution < 1.29 is 14.6 Å². The van der Waals surface area contributed by atoms with Crippen molar-refractivity contribution in [1.82, 2.24) is 10.2 Å². The maximum atomic E-state index is 9.97. The lowest BCUT2D eigenvalue weighted by atomic mass is 9.93. The maximum Gasteiger partial charge on any atom is 0.118 e. The lowest BCUT2D eigenvalue weighted by Crippen LogP contribution is -2.40. The van der Waals surface area contributed by atoms with E-state index in [1.165, 1.54) is 0 Å². The van der Waals surface area contributed by atoms with Crippen LogP contribution in [0.1, 0.15) is 19.4 Å². The highest BCUT2D eigenvalue weighted by molar-refractivity contribution is 5.26. The van der Waals surface area contributed by atoms with Crippen molar-refractivity contribution in [1.29, 1.82) is 0 Å². The zero-order valence-corrected chi connectivity index (χ0v) is 15.1. The Hall–Kier alpha value is -1.14. The highest BCUT2D eigenvalue weighted by Gasteiger charge is 2.18. The molecule has 0 saturated carbocycles. The molecule has 2 N–H and O–H groups in total. The first-order chi connectivity index (χ1) is 10.8. The summed E-state index contributed by atoms with van der Waals surface area (Å²) in [7, 11) is 5.79. The third-order valence-corrected chi connectivity index (χ3v) is 3.47. The standard InChI is InChI=1S/C18H32N2O3/c1-18(2,14-20(3)4)13-19-10-16(21)12-23-11-15-6-8-17(22-5)9-7-15/h6-9,16,19,21H,10-14H2,1-5H3/t16-/m1/s1. The average molecular weight is 324 g/mol. The molecule has 1 rings (SSSR count). The molecule has 0 bridgehead atoms. The van der Waals surface area contributed by atoms with Crippen molar-refractivity contribution in [2.75, 3.05) is 47.4 Å². The molecule has 0 aliphatic rings. The summed E-state index contributed by atoms with van der Waals surface area (Å²) in [6.45, 7) is 7.66. The smallest absolute Gasteiger partial charge is 0.118 e. The number of nitrogens with one attached hydrogen (secondary N) is 1. The fourth-order valence-electron chi connectivity index (χ4n) is 2.58. The monoisotopic (exact) mass is 324 g/mol. The number of hydrogen-bond acceptors (Lipinski definition) is 5. The molecule has 132 valence electrons. The van der Waals surface area contributed by atoms with Gasteiger partial charge >= 0.3 is 0 Å². The third-order valence-electron chi connectivity index (χ3n) is 3.47. The second-order valence-corrected chi connectivity index (χ2v) is 7.05. The van der Waals surface area contributed by atoms with Crippen molar-refractivity contribution in [2.24, 2.45) is 5.41 Å². The topological polar surface area (TPSA) is 54.0 Å². The molecular weight excluding hydrogens is 292 g/mol. The number of methoxy groups -OCH3 is 1. The largest absolute Gasteiger partial charge is 0.497 e. The average Bonchev–Trinajstić information content (AvgIpc) is 2.46. The predicted molar refractivity (Wildman–Crippen MR) is 93.9 cm³/mol. The van der Waals surface area contributed by atoms with Crippen LogP contribution in [-0.4, -0.2) is 63.6 Å². The summed E-state index contributed by atoms with van der Waals surface area (Å²) in [5.74, 6) is 0.832. The van der Waals surface area contributed by atoms with Gasteiger partial charge in [0.05, 0.1) is 26.4 Å². The van der Waals surface area contributed by atoms with Crippen molar-refractivity contribution >= 4 is 0 Å². The van der Waals surface area contributed by atoms with E-state index in [0.717, 1.165) is 24.4 Å². The van der Waals surface area contributed by atoms with E-state index < -0.39 is 6.10 Å². The lowest BCUT2D eigenvalue weighted by Gasteiger charge is -2.29. The van der Waals surface area contributed by atoms with Crippen LogP contribution in [0.5, 0.6) is 5.75 Å². The minimum Gasteiger partial charge on any atom is -0.497 e. The van der Waals surface area contributed by atoms with E-state index >= 15 is 0 Å². The van der Waals surface area contributed by atoms with E-state index in [-0.39, 0.29) is 5.41 Å². The van der Waals surface area contributed by atoms with Crippen LogP contribution in [0.2, 0.25) is 0 Å². The maximum absolute atomic E-state index is 9.97. The van der Waals surface area contributed by atoms with Gasteiger partial charge in [0.25, 0.3) is 0 Å². The molecule has 0 spiro atoms. The second-order valence-electron chi connectivity index (χ2n) is 7.05. The predicted octanol–water partition coefficient (Wildman–Crippen LogP) is 1.75. The molecule has 1 aromatic carbocycles. The molecule has 1 aromatic rings. The Kier molecular flexibility index (Phi) is 8.55. The van der Waals surface area contributed by atoms with Gasteiger partial charge in [-0.05, 0) is 37.2 Å². The molecule has 0 aliphatic heterocycles. The summed E-state index contributed by atoms with van der Waals surface area (Å²) >= 11 is 0. The van der Waals surface area contributed by atoms with Crippen molar-refractivity contribution in [3.63, 3.8) is 0 Å². The molecule has 0 saturated heterocycles. The molecule has 5 nitrogen and oxygen atoms in total. The number of aliphatic hydroxyl groups is 1. The van der Waals surface area contributed by atoms with Gasteiger partial charge in [0, 0.05) is 19.6 Å². The molecule has 0 radical (unpaired) electrons. The zero-order chi connectivity index (χ0) is 17.3. The molecule has 0 aliphatic carbocycles. The molecule has 0 heterocycles. The van der Waals surface area contributed by atoms with Gasteiger partial charge in [0.15, 0.2) is 0 Å². The van der Waals surface area contributed by atoms with Crippen molar-refractivity contribution in [2.45, 2.75) is 26.6 Å².